The molecule has 1 aliphatic heterocycles. The monoisotopic (exact) mass is 398 g/mol. The highest BCUT2D eigenvalue weighted by molar-refractivity contribution is 6.35. The Kier molecular flexibility index (Phi) is 5.44. The van der Waals surface area contributed by atoms with Crippen LogP contribution in [0, 0.1) is 5.92 Å². The molecule has 1 spiro atoms. The van der Waals surface area contributed by atoms with Gasteiger partial charge in [0.15, 0.2) is 0 Å². The molecule has 6 nitrogen and oxygen atoms in total. The van der Waals surface area contributed by atoms with Crippen LogP contribution in [0.2, 0.25) is 10.0 Å². The first-order chi connectivity index (χ1) is 12.3. The minimum atomic E-state index is -0.887. The molecule has 0 bridgehead atoms. The number of imide groups is 1. The Balaban J connectivity index is 1.64. The summed E-state index contributed by atoms with van der Waals surface area (Å²) >= 11 is 12.1. The number of nitrogens with one attached hydrogen (secondary N) is 1. The van der Waals surface area contributed by atoms with E-state index in [0.717, 1.165) is 24.2 Å². The van der Waals surface area contributed by atoms with Crippen molar-refractivity contribution < 1.29 is 19.1 Å². The summed E-state index contributed by atoms with van der Waals surface area (Å²) in [6.07, 6.45) is 3.38. The quantitative estimate of drug-likeness (QED) is 0.621. The number of hydrogen-bond acceptors (Lipinski definition) is 4. The number of nitrogens with zero attached hydrogens (tertiary/aromatic N) is 1. The summed E-state index contributed by atoms with van der Waals surface area (Å²) in [7, 11) is 0. The Morgan fingerprint density at radius 2 is 2.00 bits per heavy atom. The van der Waals surface area contributed by atoms with Gasteiger partial charge >= 0.3 is 12.0 Å². The van der Waals surface area contributed by atoms with Crippen molar-refractivity contribution in [3.8, 4) is 0 Å². The van der Waals surface area contributed by atoms with E-state index in [1.54, 1.807) is 18.2 Å². The fourth-order valence-corrected chi connectivity index (χ4v) is 4.14. The lowest BCUT2D eigenvalue weighted by molar-refractivity contribution is -0.149. The Morgan fingerprint density at radius 3 is 2.65 bits per heavy atom. The van der Waals surface area contributed by atoms with E-state index in [9.17, 15) is 14.4 Å². The maximum Gasteiger partial charge on any atom is 0.326 e. The average molecular weight is 399 g/mol. The molecule has 8 heteroatoms. The van der Waals surface area contributed by atoms with Gasteiger partial charge in [0.1, 0.15) is 18.7 Å². The molecule has 0 aromatic heterocycles. The van der Waals surface area contributed by atoms with E-state index in [-0.39, 0.29) is 18.4 Å². The summed E-state index contributed by atoms with van der Waals surface area (Å²) in [5, 5.41) is 3.57. The number of rotatable bonds is 4. The van der Waals surface area contributed by atoms with Gasteiger partial charge in [0, 0.05) is 15.6 Å². The molecular formula is C18H20Cl2N2O4. The second kappa shape index (κ2) is 7.45. The molecular weight excluding hydrogens is 379 g/mol. The maximum absolute atomic E-state index is 12.8. The Bertz CT molecular complexity index is 734. The van der Waals surface area contributed by atoms with Gasteiger partial charge in [-0.25, -0.2) is 4.79 Å². The summed E-state index contributed by atoms with van der Waals surface area (Å²) in [5.41, 5.74) is -0.402. The van der Waals surface area contributed by atoms with E-state index in [1.165, 1.54) is 0 Å². The predicted molar refractivity (Wildman–Crippen MR) is 96.9 cm³/mol. The summed E-state index contributed by atoms with van der Waals surface area (Å²) in [6.45, 7) is 1.41. The van der Waals surface area contributed by atoms with E-state index in [2.05, 4.69) is 5.32 Å². The van der Waals surface area contributed by atoms with E-state index >= 15 is 0 Å². The molecule has 1 heterocycles. The van der Waals surface area contributed by atoms with Crippen LogP contribution in [0.1, 0.15) is 38.2 Å². The van der Waals surface area contributed by atoms with Crippen LogP contribution in [-0.4, -0.2) is 34.9 Å². The molecule has 2 atom stereocenters. The van der Waals surface area contributed by atoms with Crippen molar-refractivity contribution in [2.24, 2.45) is 5.92 Å². The largest absolute Gasteiger partial charge is 0.459 e. The molecule has 26 heavy (non-hydrogen) atoms. The summed E-state index contributed by atoms with van der Waals surface area (Å²) in [5.74, 6) is -0.997. The Morgan fingerprint density at radius 1 is 1.31 bits per heavy atom. The molecule has 1 aliphatic carbocycles. The molecule has 2 aliphatic rings. The van der Waals surface area contributed by atoms with Gasteiger partial charge in [0.25, 0.3) is 5.91 Å². The normalized spacial score (nSPS) is 25.5. The predicted octanol–water partition coefficient (Wildman–Crippen LogP) is 3.54. The number of hydrogen-bond donors (Lipinski definition) is 1. The summed E-state index contributed by atoms with van der Waals surface area (Å²) < 4.78 is 5.17. The number of carbonyl (C=O) groups excluding carboxylic acids is 3. The van der Waals surface area contributed by atoms with Crippen LogP contribution in [0.5, 0.6) is 0 Å². The molecule has 2 fully saturated rings. The van der Waals surface area contributed by atoms with E-state index in [1.807, 2.05) is 6.92 Å². The van der Waals surface area contributed by atoms with Gasteiger partial charge < -0.3 is 10.1 Å². The number of carbonyl (C=O) groups is 3. The molecule has 1 N–H and O–H groups in total. The SMILES string of the molecule is C[C@@H]1CCCC[C@@]12NC(=O)N(CC(=O)OCc1c(Cl)cccc1Cl)C2=O. The van der Waals surface area contributed by atoms with Crippen molar-refractivity contribution >= 4 is 41.1 Å². The number of benzene rings is 1. The van der Waals surface area contributed by atoms with Crippen molar-refractivity contribution in [3.05, 3.63) is 33.8 Å². The minimum Gasteiger partial charge on any atom is -0.459 e. The number of esters is 1. The third-order valence-electron chi connectivity index (χ3n) is 5.23. The fraction of sp³-hybridized carbons (Fsp3) is 0.500. The molecule has 0 unspecified atom stereocenters. The standard InChI is InChI=1S/C18H20Cl2N2O4/c1-11-5-2-3-8-18(11)16(24)22(17(25)21-18)9-15(23)26-10-12-13(19)6-4-7-14(12)20/h4,6-7,11H,2-3,5,8-10H2,1H3,(H,21,25)/t11-,18-/m1/s1. The summed E-state index contributed by atoms with van der Waals surface area (Å²) in [4.78, 5) is 38.2. The van der Waals surface area contributed by atoms with Crippen LogP contribution in [0.15, 0.2) is 18.2 Å². The van der Waals surface area contributed by atoms with Crippen LogP contribution in [0.3, 0.4) is 0 Å². The van der Waals surface area contributed by atoms with Gasteiger partial charge in [-0.2, -0.15) is 0 Å². The van der Waals surface area contributed by atoms with Gasteiger partial charge in [-0.1, -0.05) is 49.0 Å². The minimum absolute atomic E-state index is 0.0376. The number of halogens is 2. The zero-order valence-corrected chi connectivity index (χ0v) is 15.9. The third kappa shape index (κ3) is 3.40. The second-order valence-corrected chi connectivity index (χ2v) is 7.61. The second-order valence-electron chi connectivity index (χ2n) is 6.80. The lowest BCUT2D eigenvalue weighted by Crippen LogP contribution is -2.54. The Labute approximate surface area is 161 Å². The van der Waals surface area contributed by atoms with Crippen LogP contribution in [0.25, 0.3) is 0 Å². The highest BCUT2D eigenvalue weighted by Crippen LogP contribution is 2.38. The number of ether oxygens (including phenoxy) is 1. The molecule has 1 aromatic rings. The van der Waals surface area contributed by atoms with Gasteiger partial charge in [0.2, 0.25) is 0 Å². The van der Waals surface area contributed by atoms with Crippen LogP contribution < -0.4 is 5.32 Å². The van der Waals surface area contributed by atoms with Crippen LogP contribution in [0.4, 0.5) is 4.79 Å². The van der Waals surface area contributed by atoms with Crippen LogP contribution in [-0.2, 0) is 20.9 Å². The first-order valence-corrected chi connectivity index (χ1v) is 9.33. The molecule has 1 saturated heterocycles. The smallest absolute Gasteiger partial charge is 0.326 e. The molecule has 3 rings (SSSR count). The van der Waals surface area contributed by atoms with Gasteiger partial charge in [-0.05, 0) is 30.9 Å². The third-order valence-corrected chi connectivity index (χ3v) is 5.94. The van der Waals surface area contributed by atoms with E-state index < -0.39 is 24.1 Å². The number of amides is 3. The molecule has 1 saturated carbocycles. The van der Waals surface area contributed by atoms with Gasteiger partial charge in [-0.15, -0.1) is 0 Å². The average Bonchev–Trinajstić information content (AvgIpc) is 2.82. The van der Waals surface area contributed by atoms with E-state index in [0.29, 0.717) is 22.0 Å². The zero-order valence-electron chi connectivity index (χ0n) is 14.4. The van der Waals surface area contributed by atoms with Crippen molar-refractivity contribution in [1.29, 1.82) is 0 Å². The summed E-state index contributed by atoms with van der Waals surface area (Å²) in [6, 6.07) is 4.43. The van der Waals surface area contributed by atoms with Gasteiger partial charge in [0.05, 0.1) is 0 Å². The topological polar surface area (TPSA) is 75.7 Å². The van der Waals surface area contributed by atoms with Crippen LogP contribution >= 0.6 is 23.2 Å². The highest BCUT2D eigenvalue weighted by Gasteiger charge is 2.55. The van der Waals surface area contributed by atoms with Gasteiger partial charge in [-0.3, -0.25) is 14.5 Å². The van der Waals surface area contributed by atoms with E-state index in [4.69, 9.17) is 27.9 Å². The number of urea groups is 1. The first kappa shape index (κ1) is 19.0. The van der Waals surface area contributed by atoms with Crippen molar-refractivity contribution in [2.75, 3.05) is 6.54 Å². The first-order valence-electron chi connectivity index (χ1n) is 8.58. The zero-order chi connectivity index (χ0) is 18.9. The maximum atomic E-state index is 12.8. The lowest BCUT2D eigenvalue weighted by Gasteiger charge is -2.36. The van der Waals surface area contributed by atoms with Crippen molar-refractivity contribution in [1.82, 2.24) is 10.2 Å². The van der Waals surface area contributed by atoms with Crippen molar-refractivity contribution in [2.45, 2.75) is 44.8 Å². The molecule has 1 aromatic carbocycles. The lowest BCUT2D eigenvalue weighted by atomic mass is 9.73. The van der Waals surface area contributed by atoms with Crippen molar-refractivity contribution in [3.63, 3.8) is 0 Å². The highest BCUT2D eigenvalue weighted by atomic mass is 35.5. The Hall–Kier alpha value is -1.79. The fourth-order valence-electron chi connectivity index (χ4n) is 3.64. The molecule has 3 amide bonds. The molecule has 0 radical (unpaired) electrons. The molecule has 140 valence electrons.